The third-order valence-corrected chi connectivity index (χ3v) is 4.48. The average molecular weight is 297 g/mol. The molecule has 116 valence electrons. The van der Waals surface area contributed by atoms with Crippen molar-refractivity contribution in [1.29, 1.82) is 0 Å². The van der Waals surface area contributed by atoms with Gasteiger partial charge < -0.3 is 9.88 Å². The van der Waals surface area contributed by atoms with Gasteiger partial charge in [0.05, 0.1) is 6.04 Å². The number of benzene rings is 1. The van der Waals surface area contributed by atoms with Crippen LogP contribution in [0.3, 0.4) is 0 Å². The molecule has 3 rings (SSSR count). The van der Waals surface area contributed by atoms with Crippen LogP contribution in [0.15, 0.2) is 42.5 Å². The molecule has 4 nitrogen and oxygen atoms in total. The first kappa shape index (κ1) is 14.9. The molecule has 1 atom stereocenters. The molecule has 0 spiro atoms. The van der Waals surface area contributed by atoms with Crippen molar-refractivity contribution < 1.29 is 4.79 Å². The molecule has 1 saturated heterocycles. The number of aromatic amines is 1. The third kappa shape index (κ3) is 2.92. The summed E-state index contributed by atoms with van der Waals surface area (Å²) in [4.78, 5) is 20.2. The molecule has 0 radical (unpaired) electrons. The molecule has 0 aliphatic carbocycles. The summed E-state index contributed by atoms with van der Waals surface area (Å²) in [6.07, 6.45) is 0.919. The Hall–Kier alpha value is -2.07. The zero-order valence-electron chi connectivity index (χ0n) is 13.2. The van der Waals surface area contributed by atoms with Gasteiger partial charge >= 0.3 is 0 Å². The molecule has 1 fully saturated rings. The fourth-order valence-electron chi connectivity index (χ4n) is 3.03. The van der Waals surface area contributed by atoms with E-state index in [1.54, 1.807) is 0 Å². The van der Waals surface area contributed by atoms with Gasteiger partial charge in [-0.2, -0.15) is 0 Å². The maximum Gasteiger partial charge on any atom is 0.270 e. The van der Waals surface area contributed by atoms with Crippen molar-refractivity contribution in [2.45, 2.75) is 19.4 Å². The van der Waals surface area contributed by atoms with Crippen molar-refractivity contribution in [1.82, 2.24) is 14.8 Å². The molecule has 2 heterocycles. The summed E-state index contributed by atoms with van der Waals surface area (Å²) in [7, 11) is 2.13. The van der Waals surface area contributed by atoms with Gasteiger partial charge in [-0.25, -0.2) is 0 Å². The van der Waals surface area contributed by atoms with Crippen LogP contribution < -0.4 is 0 Å². The van der Waals surface area contributed by atoms with E-state index in [2.05, 4.69) is 48.1 Å². The maximum absolute atomic E-state index is 12.7. The normalized spacial score (nSPS) is 19.4. The van der Waals surface area contributed by atoms with Crippen molar-refractivity contribution in [3.05, 3.63) is 59.4 Å². The van der Waals surface area contributed by atoms with Crippen LogP contribution in [0.2, 0.25) is 0 Å². The number of rotatable bonds is 3. The summed E-state index contributed by atoms with van der Waals surface area (Å²) in [5.74, 6) is 0.105. The predicted molar refractivity (Wildman–Crippen MR) is 87.9 cm³/mol. The molecule has 4 heteroatoms. The Morgan fingerprint density at radius 1 is 1.18 bits per heavy atom. The van der Waals surface area contributed by atoms with E-state index in [0.717, 1.165) is 31.7 Å². The maximum atomic E-state index is 12.7. The van der Waals surface area contributed by atoms with Crippen LogP contribution in [-0.2, 0) is 6.42 Å². The summed E-state index contributed by atoms with van der Waals surface area (Å²) in [5.41, 5.74) is 3.08. The Labute approximate surface area is 131 Å². The van der Waals surface area contributed by atoms with E-state index in [0.29, 0.717) is 5.69 Å². The molecule has 22 heavy (non-hydrogen) atoms. The first-order valence-corrected chi connectivity index (χ1v) is 7.91. The van der Waals surface area contributed by atoms with E-state index >= 15 is 0 Å². The fraction of sp³-hybridized carbons (Fsp3) is 0.389. The van der Waals surface area contributed by atoms with Crippen LogP contribution in [0.4, 0.5) is 0 Å². The van der Waals surface area contributed by atoms with Gasteiger partial charge in [-0.3, -0.25) is 9.69 Å². The summed E-state index contributed by atoms with van der Waals surface area (Å²) in [6.45, 7) is 4.49. The summed E-state index contributed by atoms with van der Waals surface area (Å²) in [6, 6.07) is 14.6. The molecule has 1 unspecified atom stereocenters. The van der Waals surface area contributed by atoms with E-state index in [1.165, 1.54) is 5.56 Å². The molecule has 1 amide bonds. The number of aryl methyl sites for hydroxylation is 1. The number of carbonyl (C=O) groups is 1. The minimum absolute atomic E-state index is 0.105. The van der Waals surface area contributed by atoms with E-state index in [1.807, 2.05) is 23.1 Å². The monoisotopic (exact) mass is 297 g/mol. The second-order valence-corrected chi connectivity index (χ2v) is 5.91. The fourth-order valence-corrected chi connectivity index (χ4v) is 3.03. The van der Waals surface area contributed by atoms with Crippen molar-refractivity contribution in [2.75, 3.05) is 26.7 Å². The van der Waals surface area contributed by atoms with Gasteiger partial charge in [-0.1, -0.05) is 37.3 Å². The number of aromatic nitrogens is 1. The van der Waals surface area contributed by atoms with Crippen LogP contribution in [0.25, 0.3) is 0 Å². The Balaban J connectivity index is 1.76. The van der Waals surface area contributed by atoms with Crippen molar-refractivity contribution in [2.24, 2.45) is 0 Å². The van der Waals surface area contributed by atoms with Gasteiger partial charge in [0.2, 0.25) is 0 Å². The average Bonchev–Trinajstić information content (AvgIpc) is 3.04. The molecule has 2 aromatic rings. The lowest BCUT2D eigenvalue weighted by Gasteiger charge is -2.39. The van der Waals surface area contributed by atoms with Gasteiger partial charge in [0.15, 0.2) is 0 Å². The number of nitrogens with one attached hydrogen (secondary N) is 1. The molecular formula is C18H23N3O. The van der Waals surface area contributed by atoms with E-state index in [4.69, 9.17) is 0 Å². The van der Waals surface area contributed by atoms with Crippen LogP contribution in [-0.4, -0.2) is 47.4 Å². The second-order valence-electron chi connectivity index (χ2n) is 5.91. The van der Waals surface area contributed by atoms with Gasteiger partial charge in [0.1, 0.15) is 5.69 Å². The minimum atomic E-state index is 0.105. The number of piperazine rings is 1. The Morgan fingerprint density at radius 3 is 2.64 bits per heavy atom. The van der Waals surface area contributed by atoms with E-state index < -0.39 is 0 Å². The first-order chi connectivity index (χ1) is 10.7. The lowest BCUT2D eigenvalue weighted by molar-refractivity contribution is 0.0541. The molecule has 1 aromatic heterocycles. The van der Waals surface area contributed by atoms with Crippen LogP contribution >= 0.6 is 0 Å². The lowest BCUT2D eigenvalue weighted by atomic mass is 10.0. The van der Waals surface area contributed by atoms with Gasteiger partial charge in [0, 0.05) is 25.3 Å². The topological polar surface area (TPSA) is 39.3 Å². The van der Waals surface area contributed by atoms with Gasteiger partial charge in [-0.15, -0.1) is 0 Å². The summed E-state index contributed by atoms with van der Waals surface area (Å²) >= 11 is 0. The molecule has 0 bridgehead atoms. The Bertz CT molecular complexity index is 635. The molecule has 1 aromatic carbocycles. The van der Waals surface area contributed by atoms with Gasteiger partial charge in [0.25, 0.3) is 5.91 Å². The second kappa shape index (κ2) is 6.36. The number of hydrogen-bond acceptors (Lipinski definition) is 2. The molecule has 1 aliphatic heterocycles. The SMILES string of the molecule is CCc1ccc(C(=O)N2CCN(C)C(c3ccccc3)C2)[nH]1. The number of hydrogen-bond donors (Lipinski definition) is 1. The molecule has 1 aliphatic rings. The predicted octanol–water partition coefficient (Wildman–Crippen LogP) is 2.71. The van der Waals surface area contributed by atoms with Crippen LogP contribution in [0.1, 0.15) is 34.7 Å². The van der Waals surface area contributed by atoms with E-state index in [9.17, 15) is 4.79 Å². The number of H-pyrrole nitrogens is 1. The quantitative estimate of drug-likeness (QED) is 0.946. The van der Waals surface area contributed by atoms with Crippen molar-refractivity contribution >= 4 is 5.91 Å². The minimum Gasteiger partial charge on any atom is -0.354 e. The highest BCUT2D eigenvalue weighted by atomic mass is 16.2. The Morgan fingerprint density at radius 2 is 1.95 bits per heavy atom. The number of amides is 1. The summed E-state index contributed by atoms with van der Waals surface area (Å²) < 4.78 is 0. The van der Waals surface area contributed by atoms with Crippen LogP contribution in [0, 0.1) is 0 Å². The van der Waals surface area contributed by atoms with Crippen LogP contribution in [0.5, 0.6) is 0 Å². The van der Waals surface area contributed by atoms with Crippen molar-refractivity contribution in [3.63, 3.8) is 0 Å². The molecular weight excluding hydrogens is 274 g/mol. The highest BCUT2D eigenvalue weighted by Crippen LogP contribution is 2.24. The number of carbonyl (C=O) groups excluding carboxylic acids is 1. The van der Waals surface area contributed by atoms with E-state index in [-0.39, 0.29) is 11.9 Å². The molecule has 0 saturated carbocycles. The highest BCUT2D eigenvalue weighted by Gasteiger charge is 2.29. The Kier molecular flexibility index (Phi) is 4.29. The zero-order valence-corrected chi connectivity index (χ0v) is 13.2. The zero-order chi connectivity index (χ0) is 15.5. The lowest BCUT2D eigenvalue weighted by Crippen LogP contribution is -2.49. The summed E-state index contributed by atoms with van der Waals surface area (Å²) in [5, 5.41) is 0. The largest absolute Gasteiger partial charge is 0.354 e. The standard InChI is InChI=1S/C18H23N3O/c1-3-15-9-10-16(19-15)18(22)21-12-11-20(2)17(13-21)14-7-5-4-6-8-14/h4-10,17,19H,3,11-13H2,1-2H3. The third-order valence-electron chi connectivity index (χ3n) is 4.48. The smallest absolute Gasteiger partial charge is 0.270 e. The highest BCUT2D eigenvalue weighted by molar-refractivity contribution is 5.92. The molecule has 1 N–H and O–H groups in total. The first-order valence-electron chi connectivity index (χ1n) is 7.91. The number of nitrogens with zero attached hydrogens (tertiary/aromatic N) is 2. The number of likely N-dealkylation sites (N-methyl/N-ethyl adjacent to an activating group) is 1. The van der Waals surface area contributed by atoms with Crippen molar-refractivity contribution in [3.8, 4) is 0 Å². The van der Waals surface area contributed by atoms with Gasteiger partial charge in [-0.05, 0) is 31.2 Å².